The number of hydrogen-bond donors (Lipinski definition) is 0. The van der Waals surface area contributed by atoms with Crippen LogP contribution in [0.15, 0.2) is 18.2 Å². The summed E-state index contributed by atoms with van der Waals surface area (Å²) in [7, 11) is 1.59. The highest BCUT2D eigenvalue weighted by Crippen LogP contribution is 2.12. The fraction of sp³-hybridized carbons (Fsp3) is 0.500. The largest absolute Gasteiger partial charge is 0.374 e. The number of ether oxygens (including phenoxy) is 1. The molecule has 0 heterocycles. The van der Waals surface area contributed by atoms with Gasteiger partial charge in [0.15, 0.2) is 5.78 Å². The van der Waals surface area contributed by atoms with Gasteiger partial charge >= 0.3 is 0 Å². The quantitative estimate of drug-likeness (QED) is 0.762. The Morgan fingerprint density at radius 1 is 1.31 bits per heavy atom. The molecule has 0 amide bonds. The van der Waals surface area contributed by atoms with E-state index in [1.807, 2.05) is 13.0 Å². The molecule has 1 unspecified atom stereocenters. The summed E-state index contributed by atoms with van der Waals surface area (Å²) in [6, 6.07) is 6.16. The van der Waals surface area contributed by atoms with Crippen LogP contribution in [0.4, 0.5) is 0 Å². The first kappa shape index (κ1) is 12.9. The summed E-state index contributed by atoms with van der Waals surface area (Å²) < 4.78 is 5.14. The molecule has 0 spiro atoms. The van der Waals surface area contributed by atoms with Crippen molar-refractivity contribution in [2.75, 3.05) is 7.11 Å². The van der Waals surface area contributed by atoms with E-state index in [4.69, 9.17) is 4.74 Å². The Bertz CT molecular complexity index is 365. The Labute approximate surface area is 97.6 Å². The zero-order valence-corrected chi connectivity index (χ0v) is 10.5. The smallest absolute Gasteiger partial charge is 0.165 e. The van der Waals surface area contributed by atoms with Crippen LogP contribution >= 0.6 is 0 Å². The van der Waals surface area contributed by atoms with Crippen LogP contribution in [0.2, 0.25) is 0 Å². The Morgan fingerprint density at radius 3 is 2.50 bits per heavy atom. The second-order valence-corrected chi connectivity index (χ2v) is 4.19. The lowest BCUT2D eigenvalue weighted by Crippen LogP contribution is -2.23. The lowest BCUT2D eigenvalue weighted by atomic mass is 10.00. The first-order valence-corrected chi connectivity index (χ1v) is 5.70. The van der Waals surface area contributed by atoms with Crippen molar-refractivity contribution in [3.05, 3.63) is 34.9 Å². The lowest BCUT2D eigenvalue weighted by Gasteiger charge is -2.12. The maximum atomic E-state index is 11.8. The Morgan fingerprint density at radius 2 is 2.00 bits per heavy atom. The van der Waals surface area contributed by atoms with Crippen molar-refractivity contribution in [3.8, 4) is 0 Å². The zero-order valence-electron chi connectivity index (χ0n) is 10.5. The molecule has 16 heavy (non-hydrogen) atoms. The third-order valence-electron chi connectivity index (χ3n) is 2.96. The van der Waals surface area contributed by atoms with Crippen LogP contribution in [-0.4, -0.2) is 19.0 Å². The number of aryl methyl sites for hydroxylation is 2. The van der Waals surface area contributed by atoms with E-state index in [2.05, 4.69) is 26.0 Å². The molecule has 0 aliphatic heterocycles. The minimum Gasteiger partial charge on any atom is -0.374 e. The van der Waals surface area contributed by atoms with Crippen molar-refractivity contribution in [1.29, 1.82) is 0 Å². The molecule has 0 aliphatic carbocycles. The minimum absolute atomic E-state index is 0.160. The average Bonchev–Trinajstić information content (AvgIpc) is 2.25. The van der Waals surface area contributed by atoms with Crippen molar-refractivity contribution in [1.82, 2.24) is 0 Å². The number of hydrogen-bond acceptors (Lipinski definition) is 2. The van der Waals surface area contributed by atoms with Gasteiger partial charge in [0.1, 0.15) is 6.10 Å². The van der Waals surface area contributed by atoms with Gasteiger partial charge < -0.3 is 4.74 Å². The number of carbonyl (C=O) groups is 1. The number of methoxy groups -OCH3 is 1. The number of benzene rings is 1. The molecule has 1 aromatic carbocycles. The summed E-state index contributed by atoms with van der Waals surface area (Å²) in [6.45, 7) is 6.11. The van der Waals surface area contributed by atoms with Gasteiger partial charge in [0.25, 0.3) is 0 Å². The van der Waals surface area contributed by atoms with Gasteiger partial charge in [-0.1, -0.05) is 25.1 Å². The molecule has 0 fully saturated rings. The van der Waals surface area contributed by atoms with Gasteiger partial charge in [0.2, 0.25) is 0 Å². The molecule has 0 radical (unpaired) electrons. The summed E-state index contributed by atoms with van der Waals surface area (Å²) in [5.41, 5.74) is 3.56. The molecule has 1 rings (SSSR count). The minimum atomic E-state index is -0.262. The third kappa shape index (κ3) is 3.17. The van der Waals surface area contributed by atoms with Crippen LogP contribution in [0.1, 0.15) is 30.0 Å². The van der Waals surface area contributed by atoms with Crippen molar-refractivity contribution >= 4 is 5.78 Å². The predicted octanol–water partition coefficient (Wildman–Crippen LogP) is 2.84. The highest BCUT2D eigenvalue weighted by molar-refractivity contribution is 5.85. The molecular formula is C14H20O2. The Balaban J connectivity index is 2.73. The third-order valence-corrected chi connectivity index (χ3v) is 2.96. The van der Waals surface area contributed by atoms with Crippen LogP contribution in [0, 0.1) is 13.8 Å². The van der Waals surface area contributed by atoms with E-state index in [0.717, 1.165) is 12.0 Å². The summed E-state index contributed by atoms with van der Waals surface area (Å²) in [5.74, 6) is 0.160. The van der Waals surface area contributed by atoms with Gasteiger partial charge in [-0.25, -0.2) is 0 Å². The fourth-order valence-corrected chi connectivity index (χ4v) is 1.75. The summed E-state index contributed by atoms with van der Waals surface area (Å²) in [4.78, 5) is 11.8. The van der Waals surface area contributed by atoms with Gasteiger partial charge in [-0.3, -0.25) is 4.79 Å². The normalized spacial score (nSPS) is 12.5. The molecule has 2 heteroatoms. The molecule has 0 saturated heterocycles. The first-order valence-electron chi connectivity index (χ1n) is 5.70. The molecule has 0 aliphatic rings. The highest BCUT2D eigenvalue weighted by Gasteiger charge is 2.15. The topological polar surface area (TPSA) is 26.3 Å². The van der Waals surface area contributed by atoms with Crippen LogP contribution in [-0.2, 0) is 16.0 Å². The second-order valence-electron chi connectivity index (χ2n) is 4.19. The molecule has 88 valence electrons. The second kappa shape index (κ2) is 5.80. The number of ketones is 1. The van der Waals surface area contributed by atoms with Crippen LogP contribution in [0.25, 0.3) is 0 Å². The van der Waals surface area contributed by atoms with Crippen LogP contribution in [0.3, 0.4) is 0 Å². The molecular weight excluding hydrogens is 200 g/mol. The first-order chi connectivity index (χ1) is 7.58. The van der Waals surface area contributed by atoms with E-state index in [9.17, 15) is 4.79 Å². The van der Waals surface area contributed by atoms with Gasteiger partial charge in [-0.2, -0.15) is 0 Å². The standard InChI is InChI=1S/C14H20O2/c1-5-14(16-4)13(15)9-12-7-6-10(2)11(3)8-12/h6-8,14H,5,9H2,1-4H3. The maximum absolute atomic E-state index is 11.8. The predicted molar refractivity (Wildman–Crippen MR) is 65.7 cm³/mol. The van der Waals surface area contributed by atoms with Crippen molar-refractivity contribution in [2.24, 2.45) is 0 Å². The number of Topliss-reactive ketones (excluding diaryl/α,β-unsaturated/α-hetero) is 1. The van der Waals surface area contributed by atoms with Crippen LogP contribution < -0.4 is 0 Å². The van der Waals surface area contributed by atoms with Crippen molar-refractivity contribution < 1.29 is 9.53 Å². The fourth-order valence-electron chi connectivity index (χ4n) is 1.75. The molecule has 0 saturated carbocycles. The van der Waals surface area contributed by atoms with Gasteiger partial charge in [-0.15, -0.1) is 0 Å². The van der Waals surface area contributed by atoms with Crippen molar-refractivity contribution in [3.63, 3.8) is 0 Å². The lowest BCUT2D eigenvalue weighted by molar-refractivity contribution is -0.128. The van der Waals surface area contributed by atoms with Gasteiger partial charge in [0, 0.05) is 13.5 Å². The van der Waals surface area contributed by atoms with E-state index in [0.29, 0.717) is 6.42 Å². The molecule has 2 nitrogen and oxygen atoms in total. The summed E-state index contributed by atoms with van der Waals surface area (Å²) >= 11 is 0. The van der Waals surface area contributed by atoms with Crippen LogP contribution in [0.5, 0.6) is 0 Å². The summed E-state index contributed by atoms with van der Waals surface area (Å²) in [5, 5.41) is 0. The van der Waals surface area contributed by atoms with Gasteiger partial charge in [-0.05, 0) is 37.0 Å². The molecule has 1 aromatic rings. The van der Waals surface area contributed by atoms with E-state index >= 15 is 0 Å². The van der Waals surface area contributed by atoms with E-state index in [1.165, 1.54) is 11.1 Å². The average molecular weight is 220 g/mol. The molecule has 0 N–H and O–H groups in total. The number of rotatable bonds is 5. The van der Waals surface area contributed by atoms with E-state index < -0.39 is 0 Å². The SMILES string of the molecule is CCC(OC)C(=O)Cc1ccc(C)c(C)c1. The zero-order chi connectivity index (χ0) is 12.1. The van der Waals surface area contributed by atoms with E-state index in [-0.39, 0.29) is 11.9 Å². The highest BCUT2D eigenvalue weighted by atomic mass is 16.5. The summed E-state index contributed by atoms with van der Waals surface area (Å²) in [6.07, 6.45) is 0.940. The Hall–Kier alpha value is -1.15. The van der Waals surface area contributed by atoms with E-state index in [1.54, 1.807) is 7.11 Å². The maximum Gasteiger partial charge on any atom is 0.165 e. The molecule has 1 atom stereocenters. The Kier molecular flexibility index (Phi) is 4.69. The number of carbonyl (C=O) groups excluding carboxylic acids is 1. The van der Waals surface area contributed by atoms with Gasteiger partial charge in [0.05, 0.1) is 0 Å². The van der Waals surface area contributed by atoms with Crippen molar-refractivity contribution in [2.45, 2.75) is 39.7 Å². The molecule has 0 aromatic heterocycles. The molecule has 0 bridgehead atoms. The monoisotopic (exact) mass is 220 g/mol.